The summed E-state index contributed by atoms with van der Waals surface area (Å²) < 4.78 is 18.4. The Kier molecular flexibility index (Phi) is 6.27. The minimum Gasteiger partial charge on any atom is -0.493 e. The van der Waals surface area contributed by atoms with Gasteiger partial charge in [-0.1, -0.05) is 29.8 Å². The highest BCUT2D eigenvalue weighted by molar-refractivity contribution is 6.32. The largest absolute Gasteiger partial charge is 0.493 e. The molecule has 0 spiro atoms. The molecule has 0 saturated carbocycles. The maximum Gasteiger partial charge on any atom is 0.179 e. The Morgan fingerprint density at radius 1 is 1.07 bits per heavy atom. The zero-order valence-corrected chi connectivity index (χ0v) is 15.8. The lowest BCUT2D eigenvalue weighted by molar-refractivity contribution is 0.210. The van der Waals surface area contributed by atoms with Crippen molar-refractivity contribution in [3.63, 3.8) is 0 Å². The maximum absolute atomic E-state index is 6.36. The molecule has 0 N–H and O–H groups in total. The highest BCUT2D eigenvalue weighted by Crippen LogP contribution is 2.36. The van der Waals surface area contributed by atoms with Crippen LogP contribution < -0.4 is 14.2 Å². The molecule has 1 heterocycles. The molecule has 3 rings (SSSR count). The lowest BCUT2D eigenvalue weighted by Gasteiger charge is -2.14. The summed E-state index contributed by atoms with van der Waals surface area (Å²) in [5.41, 5.74) is 1.83. The van der Waals surface area contributed by atoms with Crippen molar-refractivity contribution in [1.82, 2.24) is 14.9 Å². The van der Waals surface area contributed by atoms with Crippen molar-refractivity contribution in [1.29, 1.82) is 0 Å². The Morgan fingerprint density at radius 2 is 1.81 bits per heavy atom. The molecule has 8 heteroatoms. The third kappa shape index (κ3) is 4.98. The molecule has 2 aromatic carbocycles. The van der Waals surface area contributed by atoms with Gasteiger partial charge in [0, 0.05) is 0 Å². The van der Waals surface area contributed by atoms with Crippen LogP contribution in [0.25, 0.3) is 0 Å². The number of ether oxygens (including phenoxy) is 3. The van der Waals surface area contributed by atoms with Crippen molar-refractivity contribution < 1.29 is 14.2 Å². The molecule has 0 unspecified atom stereocenters. The third-order valence-corrected chi connectivity index (χ3v) is 3.96. The lowest BCUT2D eigenvalue weighted by atomic mass is 10.2. The third-order valence-electron chi connectivity index (χ3n) is 3.68. The number of nitrogens with zero attached hydrogens (tertiary/aromatic N) is 4. The fraction of sp³-hybridized carbons (Fsp3) is 0.211. The van der Waals surface area contributed by atoms with Crippen LogP contribution in [0, 0.1) is 6.92 Å². The van der Waals surface area contributed by atoms with Crippen LogP contribution in [-0.4, -0.2) is 41.4 Å². The molecule has 1 aromatic heterocycles. The van der Waals surface area contributed by atoms with E-state index in [4.69, 9.17) is 25.8 Å². The Hall–Kier alpha value is -3.06. The van der Waals surface area contributed by atoms with Gasteiger partial charge in [0.15, 0.2) is 11.5 Å². The smallest absolute Gasteiger partial charge is 0.179 e. The van der Waals surface area contributed by atoms with Gasteiger partial charge in [0.1, 0.15) is 31.6 Å². The minimum atomic E-state index is 0.332. The molecule has 0 aliphatic rings. The van der Waals surface area contributed by atoms with Crippen molar-refractivity contribution in [2.24, 2.45) is 5.10 Å². The average Bonchev–Trinajstić information content (AvgIpc) is 3.19. The van der Waals surface area contributed by atoms with Gasteiger partial charge >= 0.3 is 0 Å². The second-order valence-corrected chi connectivity index (χ2v) is 5.99. The lowest BCUT2D eigenvalue weighted by Crippen LogP contribution is -2.10. The fourth-order valence-corrected chi connectivity index (χ4v) is 2.63. The second kappa shape index (κ2) is 9.05. The zero-order valence-electron chi connectivity index (χ0n) is 15.0. The molecule has 0 aliphatic carbocycles. The number of hydrogen-bond donors (Lipinski definition) is 0. The first kappa shape index (κ1) is 18.7. The molecule has 7 nitrogen and oxygen atoms in total. The van der Waals surface area contributed by atoms with Crippen LogP contribution in [-0.2, 0) is 0 Å². The Morgan fingerprint density at radius 3 is 2.56 bits per heavy atom. The first-order chi connectivity index (χ1) is 13.2. The predicted molar refractivity (Wildman–Crippen MR) is 103 cm³/mol. The molecule has 0 radical (unpaired) electrons. The number of hydrogen-bond acceptors (Lipinski definition) is 6. The van der Waals surface area contributed by atoms with Crippen molar-refractivity contribution in [2.75, 3.05) is 20.3 Å². The number of para-hydroxylation sites is 1. The highest BCUT2D eigenvalue weighted by atomic mass is 35.5. The van der Waals surface area contributed by atoms with Crippen LogP contribution >= 0.6 is 11.6 Å². The van der Waals surface area contributed by atoms with Gasteiger partial charge in [-0.15, -0.1) is 10.2 Å². The number of benzene rings is 2. The van der Waals surface area contributed by atoms with Gasteiger partial charge in [0.05, 0.1) is 18.3 Å². The van der Waals surface area contributed by atoms with Crippen molar-refractivity contribution >= 4 is 17.8 Å². The number of aryl methyl sites for hydroxylation is 1. The molecule has 27 heavy (non-hydrogen) atoms. The highest BCUT2D eigenvalue weighted by Gasteiger charge is 2.12. The normalized spacial score (nSPS) is 10.9. The van der Waals surface area contributed by atoms with Crippen LogP contribution in [0.2, 0.25) is 5.02 Å². The van der Waals surface area contributed by atoms with E-state index in [1.54, 1.807) is 25.5 Å². The summed E-state index contributed by atoms with van der Waals surface area (Å²) in [6.45, 7) is 2.72. The van der Waals surface area contributed by atoms with E-state index >= 15 is 0 Å². The summed E-state index contributed by atoms with van der Waals surface area (Å²) in [6.07, 6.45) is 4.60. The van der Waals surface area contributed by atoms with Crippen molar-refractivity contribution in [3.8, 4) is 17.2 Å². The summed E-state index contributed by atoms with van der Waals surface area (Å²) in [5, 5.41) is 12.0. The second-order valence-electron chi connectivity index (χ2n) is 5.58. The molecule has 0 atom stereocenters. The average molecular weight is 387 g/mol. The summed E-state index contributed by atoms with van der Waals surface area (Å²) in [5.74, 6) is 1.82. The standard InChI is InChI=1S/C19H19ClN4O3/c1-14-5-3-4-6-17(14)26-7-8-27-19-16(20)9-15(10-18(19)25-2)11-23-24-12-21-22-13-24/h3-6,9-13H,7-8H2,1-2H3/b23-11+. The predicted octanol–water partition coefficient (Wildman–Crippen LogP) is 3.59. The van der Waals surface area contributed by atoms with Gasteiger partial charge in [-0.05, 0) is 36.2 Å². The first-order valence-electron chi connectivity index (χ1n) is 8.25. The molecule has 3 aromatic rings. The van der Waals surface area contributed by atoms with E-state index in [9.17, 15) is 0 Å². The van der Waals surface area contributed by atoms with Gasteiger partial charge in [0.25, 0.3) is 0 Å². The van der Waals surface area contributed by atoms with Crippen molar-refractivity contribution in [3.05, 3.63) is 65.2 Å². The van der Waals surface area contributed by atoms with E-state index in [0.29, 0.717) is 29.7 Å². The van der Waals surface area contributed by atoms with Gasteiger partial charge in [0.2, 0.25) is 0 Å². The van der Waals surface area contributed by atoms with Crippen LogP contribution in [0.3, 0.4) is 0 Å². The van der Waals surface area contributed by atoms with E-state index in [1.165, 1.54) is 17.3 Å². The van der Waals surface area contributed by atoms with Crippen molar-refractivity contribution in [2.45, 2.75) is 6.92 Å². The van der Waals surface area contributed by atoms with Gasteiger partial charge in [-0.2, -0.15) is 5.10 Å². The quantitative estimate of drug-likeness (QED) is 0.437. The fourth-order valence-electron chi connectivity index (χ4n) is 2.36. The molecule has 0 amide bonds. The molecular weight excluding hydrogens is 368 g/mol. The van der Waals surface area contributed by atoms with Crippen LogP contribution in [0.15, 0.2) is 54.2 Å². The molecule has 140 valence electrons. The van der Waals surface area contributed by atoms with E-state index in [0.717, 1.165) is 16.9 Å². The van der Waals surface area contributed by atoms with Gasteiger partial charge in [-0.25, -0.2) is 4.68 Å². The Balaban J connectivity index is 1.63. The van der Waals surface area contributed by atoms with Gasteiger partial charge < -0.3 is 14.2 Å². The molecular formula is C19H19ClN4O3. The van der Waals surface area contributed by atoms with Crippen LogP contribution in [0.4, 0.5) is 0 Å². The summed E-state index contributed by atoms with van der Waals surface area (Å²) in [7, 11) is 1.56. The zero-order chi connectivity index (χ0) is 19.1. The van der Waals surface area contributed by atoms with Gasteiger partial charge in [-0.3, -0.25) is 0 Å². The van der Waals surface area contributed by atoms with E-state index in [-0.39, 0.29) is 0 Å². The van der Waals surface area contributed by atoms with Crippen LogP contribution in [0.1, 0.15) is 11.1 Å². The Bertz CT molecular complexity index is 913. The summed E-state index contributed by atoms with van der Waals surface area (Å²) in [4.78, 5) is 0. The van der Waals surface area contributed by atoms with Crippen LogP contribution in [0.5, 0.6) is 17.2 Å². The minimum absolute atomic E-state index is 0.332. The summed E-state index contributed by atoms with van der Waals surface area (Å²) in [6, 6.07) is 11.4. The molecule has 0 saturated heterocycles. The first-order valence-corrected chi connectivity index (χ1v) is 8.63. The van der Waals surface area contributed by atoms with E-state index < -0.39 is 0 Å². The molecule has 0 fully saturated rings. The summed E-state index contributed by atoms with van der Waals surface area (Å²) >= 11 is 6.36. The maximum atomic E-state index is 6.36. The Labute approximate surface area is 162 Å². The van der Waals surface area contributed by atoms with E-state index in [1.807, 2.05) is 31.2 Å². The number of halogens is 1. The number of methoxy groups -OCH3 is 1. The van der Waals surface area contributed by atoms with E-state index in [2.05, 4.69) is 15.3 Å². The molecule has 0 aliphatic heterocycles. The SMILES string of the molecule is COc1cc(/C=N/n2cnnc2)cc(Cl)c1OCCOc1ccccc1C. The number of aromatic nitrogens is 3. The number of rotatable bonds is 8. The monoisotopic (exact) mass is 386 g/mol. The molecule has 0 bridgehead atoms. The topological polar surface area (TPSA) is 70.8 Å².